The summed E-state index contributed by atoms with van der Waals surface area (Å²) in [5.74, 6) is 0.332. The fourth-order valence-electron chi connectivity index (χ4n) is 3.49. The van der Waals surface area contributed by atoms with Crippen LogP contribution in [0, 0.1) is 13.8 Å². The van der Waals surface area contributed by atoms with Crippen molar-refractivity contribution in [1.82, 2.24) is 29.1 Å². The maximum absolute atomic E-state index is 12.9. The molecular formula is C18H22N6O3S. The summed E-state index contributed by atoms with van der Waals surface area (Å²) in [5.41, 5.74) is 2.46. The molecule has 0 aromatic carbocycles. The summed E-state index contributed by atoms with van der Waals surface area (Å²) >= 11 is 0. The first-order valence-corrected chi connectivity index (χ1v) is 10.5. The number of pyridine rings is 1. The molecule has 0 N–H and O–H groups in total. The molecule has 4 heterocycles. The van der Waals surface area contributed by atoms with Crippen molar-refractivity contribution < 1.29 is 12.9 Å². The number of hydrogen-bond donors (Lipinski definition) is 0. The molecule has 0 amide bonds. The average Bonchev–Trinajstić information content (AvgIpc) is 3.29. The van der Waals surface area contributed by atoms with Gasteiger partial charge < -0.3 is 4.52 Å². The maximum Gasteiger partial charge on any atom is 0.248 e. The fraction of sp³-hybridized carbons (Fsp3) is 0.389. The van der Waals surface area contributed by atoms with Crippen LogP contribution in [0.15, 0.2) is 46.2 Å². The van der Waals surface area contributed by atoms with Crippen molar-refractivity contribution >= 4 is 10.0 Å². The summed E-state index contributed by atoms with van der Waals surface area (Å²) in [6.07, 6.45) is 5.28. The van der Waals surface area contributed by atoms with Gasteiger partial charge in [0.15, 0.2) is 5.76 Å². The van der Waals surface area contributed by atoms with Gasteiger partial charge >= 0.3 is 0 Å². The van der Waals surface area contributed by atoms with E-state index < -0.39 is 10.0 Å². The van der Waals surface area contributed by atoms with Gasteiger partial charge in [-0.1, -0.05) is 5.16 Å². The molecule has 148 valence electrons. The van der Waals surface area contributed by atoms with E-state index in [2.05, 4.69) is 20.1 Å². The first-order valence-electron chi connectivity index (χ1n) is 9.04. The smallest absolute Gasteiger partial charge is 0.248 e. The van der Waals surface area contributed by atoms with E-state index in [0.717, 1.165) is 11.3 Å². The molecule has 28 heavy (non-hydrogen) atoms. The van der Waals surface area contributed by atoms with Gasteiger partial charge in [0.1, 0.15) is 10.6 Å². The zero-order valence-electron chi connectivity index (χ0n) is 15.8. The SMILES string of the molecule is Cc1noc(C)c1S(=O)(=O)N1CCN(Cn2nccc2-c2ccncc2)CC1. The monoisotopic (exact) mass is 402 g/mol. The number of rotatable bonds is 5. The van der Waals surface area contributed by atoms with Gasteiger partial charge in [0.25, 0.3) is 0 Å². The Balaban J connectivity index is 1.44. The van der Waals surface area contributed by atoms with Gasteiger partial charge in [-0.25, -0.2) is 8.42 Å². The number of sulfonamides is 1. The average molecular weight is 402 g/mol. The normalized spacial score (nSPS) is 16.5. The van der Waals surface area contributed by atoms with E-state index >= 15 is 0 Å². The molecule has 1 fully saturated rings. The molecule has 4 rings (SSSR count). The van der Waals surface area contributed by atoms with Gasteiger partial charge in [-0.2, -0.15) is 9.40 Å². The summed E-state index contributed by atoms with van der Waals surface area (Å²) in [6.45, 7) is 5.95. The Morgan fingerprint density at radius 2 is 1.75 bits per heavy atom. The predicted molar refractivity (Wildman–Crippen MR) is 102 cm³/mol. The van der Waals surface area contributed by atoms with Crippen LogP contribution in [0.2, 0.25) is 0 Å². The molecule has 1 aliphatic heterocycles. The lowest BCUT2D eigenvalue weighted by atomic mass is 10.2. The third kappa shape index (κ3) is 3.46. The minimum atomic E-state index is -3.60. The Kier molecular flexibility index (Phi) is 5.00. The van der Waals surface area contributed by atoms with Crippen LogP contribution in [0.1, 0.15) is 11.5 Å². The molecule has 1 aliphatic rings. The van der Waals surface area contributed by atoms with Gasteiger partial charge in [-0.05, 0) is 32.0 Å². The van der Waals surface area contributed by atoms with Crippen LogP contribution < -0.4 is 0 Å². The summed E-state index contributed by atoms with van der Waals surface area (Å²) < 4.78 is 34.3. The third-order valence-corrected chi connectivity index (χ3v) is 7.07. The molecule has 0 spiro atoms. The van der Waals surface area contributed by atoms with Crippen molar-refractivity contribution in [2.45, 2.75) is 25.4 Å². The van der Waals surface area contributed by atoms with Crippen LogP contribution in [-0.4, -0.2) is 63.7 Å². The molecule has 0 radical (unpaired) electrons. The van der Waals surface area contributed by atoms with Gasteiger partial charge in [-0.15, -0.1) is 0 Å². The third-order valence-electron chi connectivity index (χ3n) is 4.92. The highest BCUT2D eigenvalue weighted by Crippen LogP contribution is 2.24. The zero-order chi connectivity index (χ0) is 19.7. The van der Waals surface area contributed by atoms with E-state index in [1.807, 2.05) is 22.9 Å². The van der Waals surface area contributed by atoms with E-state index in [0.29, 0.717) is 44.3 Å². The quantitative estimate of drug-likeness (QED) is 0.638. The van der Waals surface area contributed by atoms with Crippen molar-refractivity contribution in [1.29, 1.82) is 0 Å². The van der Waals surface area contributed by atoms with Crippen LogP contribution in [0.5, 0.6) is 0 Å². The van der Waals surface area contributed by atoms with Crippen LogP contribution in [-0.2, 0) is 16.7 Å². The van der Waals surface area contributed by atoms with E-state index in [1.54, 1.807) is 32.4 Å². The molecule has 3 aromatic heterocycles. The molecule has 1 saturated heterocycles. The van der Waals surface area contributed by atoms with E-state index in [-0.39, 0.29) is 4.90 Å². The van der Waals surface area contributed by atoms with Gasteiger partial charge in [-0.3, -0.25) is 14.6 Å². The Labute approximate surface area is 163 Å². The second kappa shape index (κ2) is 7.46. The number of aryl methyl sites for hydroxylation is 2. The number of aromatic nitrogens is 4. The number of hydrogen-bond acceptors (Lipinski definition) is 7. The maximum atomic E-state index is 12.9. The topological polar surface area (TPSA) is 97.4 Å². The van der Waals surface area contributed by atoms with Gasteiger partial charge in [0.2, 0.25) is 10.0 Å². The minimum absolute atomic E-state index is 0.188. The van der Waals surface area contributed by atoms with E-state index in [1.165, 1.54) is 4.31 Å². The molecule has 0 aliphatic carbocycles. The summed E-state index contributed by atoms with van der Waals surface area (Å²) in [6, 6.07) is 5.86. The van der Waals surface area contributed by atoms with Crippen LogP contribution in [0.25, 0.3) is 11.3 Å². The summed E-state index contributed by atoms with van der Waals surface area (Å²) in [5, 5.41) is 8.19. The number of nitrogens with zero attached hydrogens (tertiary/aromatic N) is 6. The standard InChI is InChI=1S/C18H22N6O3S/c1-14-18(15(2)27-21-14)28(25,26)23-11-9-22(10-12-23)13-24-17(5-8-20-24)16-3-6-19-7-4-16/h3-8H,9-13H2,1-2H3. The Morgan fingerprint density at radius 3 is 2.39 bits per heavy atom. The van der Waals surface area contributed by atoms with Gasteiger partial charge in [0, 0.05) is 50.3 Å². The second-order valence-corrected chi connectivity index (χ2v) is 8.64. The zero-order valence-corrected chi connectivity index (χ0v) is 16.6. The van der Waals surface area contributed by atoms with Crippen LogP contribution in [0.4, 0.5) is 0 Å². The lowest BCUT2D eigenvalue weighted by Gasteiger charge is -2.33. The molecule has 0 saturated carbocycles. The molecule has 0 unspecified atom stereocenters. The second-order valence-electron chi connectivity index (χ2n) is 6.77. The number of piperazine rings is 1. The molecular weight excluding hydrogens is 380 g/mol. The van der Waals surface area contributed by atoms with Crippen molar-refractivity contribution in [2.75, 3.05) is 26.2 Å². The van der Waals surface area contributed by atoms with Crippen LogP contribution >= 0.6 is 0 Å². The molecule has 9 nitrogen and oxygen atoms in total. The van der Waals surface area contributed by atoms with Crippen molar-refractivity contribution in [3.8, 4) is 11.3 Å². The van der Waals surface area contributed by atoms with Crippen molar-refractivity contribution in [2.24, 2.45) is 0 Å². The predicted octanol–water partition coefficient (Wildman–Crippen LogP) is 1.51. The Bertz CT molecular complexity index is 1030. The van der Waals surface area contributed by atoms with Crippen molar-refractivity contribution in [3.05, 3.63) is 48.2 Å². The molecule has 0 atom stereocenters. The fourth-order valence-corrected chi connectivity index (χ4v) is 5.20. The molecule has 0 bridgehead atoms. The summed E-state index contributed by atoms with van der Waals surface area (Å²) in [4.78, 5) is 6.43. The van der Waals surface area contributed by atoms with Gasteiger partial charge in [0.05, 0.1) is 12.4 Å². The Morgan fingerprint density at radius 1 is 1.04 bits per heavy atom. The lowest BCUT2D eigenvalue weighted by molar-refractivity contribution is 0.146. The minimum Gasteiger partial charge on any atom is -0.360 e. The van der Waals surface area contributed by atoms with E-state index in [9.17, 15) is 8.42 Å². The first kappa shape index (κ1) is 18.8. The largest absolute Gasteiger partial charge is 0.360 e. The van der Waals surface area contributed by atoms with Crippen LogP contribution in [0.3, 0.4) is 0 Å². The van der Waals surface area contributed by atoms with E-state index in [4.69, 9.17) is 4.52 Å². The highest BCUT2D eigenvalue weighted by molar-refractivity contribution is 7.89. The van der Waals surface area contributed by atoms with Crippen molar-refractivity contribution in [3.63, 3.8) is 0 Å². The lowest BCUT2D eigenvalue weighted by Crippen LogP contribution is -2.49. The molecule has 10 heteroatoms. The highest BCUT2D eigenvalue weighted by atomic mass is 32.2. The first-order chi connectivity index (χ1) is 13.5. The Hall–Kier alpha value is -2.56. The summed E-state index contributed by atoms with van der Waals surface area (Å²) in [7, 11) is -3.60. The highest BCUT2D eigenvalue weighted by Gasteiger charge is 2.33. The molecule has 3 aromatic rings.